The summed E-state index contributed by atoms with van der Waals surface area (Å²) in [6.07, 6.45) is 0. The molecule has 0 fully saturated rings. The molecule has 2 N–H and O–H groups in total. The molecular weight excluding hydrogens is 282 g/mol. The molecule has 0 spiro atoms. The van der Waals surface area contributed by atoms with E-state index in [0.29, 0.717) is 0 Å². The van der Waals surface area contributed by atoms with Crippen molar-refractivity contribution in [3.8, 4) is 5.75 Å². The predicted octanol–water partition coefficient (Wildman–Crippen LogP) is 2.74. The Bertz CT molecular complexity index is 357. The first kappa shape index (κ1) is 14.5. The summed E-state index contributed by atoms with van der Waals surface area (Å²) in [5.41, 5.74) is 1.20. The van der Waals surface area contributed by atoms with E-state index in [4.69, 9.17) is 9.84 Å². The third kappa shape index (κ3) is 4.30. The van der Waals surface area contributed by atoms with Crippen molar-refractivity contribution in [2.45, 2.75) is 19.9 Å². The van der Waals surface area contributed by atoms with Gasteiger partial charge in [0, 0.05) is 19.2 Å². The van der Waals surface area contributed by atoms with Gasteiger partial charge in [-0.25, -0.2) is 0 Å². The maximum absolute atomic E-state index is 8.97. The van der Waals surface area contributed by atoms with Crippen LogP contribution < -0.4 is 10.1 Å². The second-order valence-electron chi connectivity index (χ2n) is 4.31. The minimum absolute atomic E-state index is 0.214. The number of aliphatic hydroxyl groups excluding tert-OH is 1. The van der Waals surface area contributed by atoms with E-state index in [1.54, 1.807) is 7.11 Å². The fourth-order valence-electron chi connectivity index (χ4n) is 1.51. The second-order valence-corrected chi connectivity index (χ2v) is 5.17. The van der Waals surface area contributed by atoms with Crippen LogP contribution in [-0.4, -0.2) is 25.4 Å². The first-order valence-electron chi connectivity index (χ1n) is 5.76. The molecule has 17 heavy (non-hydrogen) atoms. The molecule has 0 aliphatic carbocycles. The molecule has 0 aromatic heterocycles. The molecule has 1 rings (SSSR count). The molecule has 0 bridgehead atoms. The third-order valence-corrected chi connectivity index (χ3v) is 3.38. The average Bonchev–Trinajstić information content (AvgIpc) is 2.35. The van der Waals surface area contributed by atoms with Gasteiger partial charge in [0.1, 0.15) is 5.75 Å². The molecule has 0 radical (unpaired) electrons. The molecule has 2 atom stereocenters. The largest absolute Gasteiger partial charge is 0.496 e. The lowest BCUT2D eigenvalue weighted by Crippen LogP contribution is -2.26. The van der Waals surface area contributed by atoms with Crippen LogP contribution in [0, 0.1) is 5.92 Å². The molecule has 3 nitrogen and oxygen atoms in total. The Labute approximate surface area is 111 Å². The highest BCUT2D eigenvalue weighted by Gasteiger charge is 2.09. The van der Waals surface area contributed by atoms with E-state index in [1.165, 1.54) is 5.56 Å². The number of hydrogen-bond acceptors (Lipinski definition) is 3. The van der Waals surface area contributed by atoms with Gasteiger partial charge in [0.25, 0.3) is 0 Å². The maximum atomic E-state index is 8.97. The summed E-state index contributed by atoms with van der Waals surface area (Å²) < 4.78 is 6.15. The number of halogens is 1. The average molecular weight is 302 g/mol. The van der Waals surface area contributed by atoms with E-state index in [2.05, 4.69) is 34.2 Å². The Morgan fingerprint density at radius 2 is 2.12 bits per heavy atom. The summed E-state index contributed by atoms with van der Waals surface area (Å²) >= 11 is 3.48. The summed E-state index contributed by atoms with van der Waals surface area (Å²) in [5, 5.41) is 12.4. The molecule has 0 saturated heterocycles. The molecule has 0 aliphatic rings. The van der Waals surface area contributed by atoms with Crippen LogP contribution in [-0.2, 0) is 0 Å². The Morgan fingerprint density at radius 3 is 2.65 bits per heavy atom. The number of methoxy groups -OCH3 is 1. The molecule has 2 unspecified atom stereocenters. The Kier molecular flexibility index (Phi) is 5.95. The highest BCUT2D eigenvalue weighted by atomic mass is 79.9. The molecule has 4 heteroatoms. The monoisotopic (exact) mass is 301 g/mol. The molecule has 0 saturated carbocycles. The summed E-state index contributed by atoms with van der Waals surface area (Å²) in [6.45, 7) is 5.15. The normalized spacial score (nSPS) is 14.4. The van der Waals surface area contributed by atoms with Gasteiger partial charge in [-0.05, 0) is 46.5 Å². The summed E-state index contributed by atoms with van der Waals surface area (Å²) in [7, 11) is 1.66. The molecule has 0 heterocycles. The Hall–Kier alpha value is -0.580. The fourth-order valence-corrected chi connectivity index (χ4v) is 2.07. The lowest BCUT2D eigenvalue weighted by Gasteiger charge is -2.17. The zero-order chi connectivity index (χ0) is 12.8. The van der Waals surface area contributed by atoms with Crippen LogP contribution in [0.5, 0.6) is 5.75 Å². The van der Waals surface area contributed by atoms with Gasteiger partial charge in [-0.1, -0.05) is 13.0 Å². The van der Waals surface area contributed by atoms with E-state index in [1.807, 2.05) is 19.1 Å². The molecule has 0 amide bonds. The summed E-state index contributed by atoms with van der Waals surface area (Å²) in [4.78, 5) is 0. The highest BCUT2D eigenvalue weighted by Crippen LogP contribution is 2.27. The van der Waals surface area contributed by atoms with Crippen LogP contribution in [0.15, 0.2) is 22.7 Å². The zero-order valence-electron chi connectivity index (χ0n) is 10.5. The third-order valence-electron chi connectivity index (χ3n) is 2.76. The zero-order valence-corrected chi connectivity index (χ0v) is 12.1. The lowest BCUT2D eigenvalue weighted by atomic mass is 10.1. The standard InChI is InChI=1S/C13H20BrNO2/c1-9(8-16)7-15-10(2)11-4-5-13(17-3)12(14)6-11/h4-6,9-10,15-16H,7-8H2,1-3H3. The van der Waals surface area contributed by atoms with Crippen LogP contribution in [0.3, 0.4) is 0 Å². The van der Waals surface area contributed by atoms with Gasteiger partial charge in [-0.3, -0.25) is 0 Å². The molecular formula is C13H20BrNO2. The van der Waals surface area contributed by atoms with Crippen LogP contribution in [0.2, 0.25) is 0 Å². The quantitative estimate of drug-likeness (QED) is 0.849. The first-order chi connectivity index (χ1) is 8.08. The number of ether oxygens (including phenoxy) is 1. The Morgan fingerprint density at radius 1 is 1.41 bits per heavy atom. The van der Waals surface area contributed by atoms with Crippen LogP contribution in [0.25, 0.3) is 0 Å². The van der Waals surface area contributed by atoms with Crippen molar-refractivity contribution in [2.75, 3.05) is 20.3 Å². The van der Waals surface area contributed by atoms with Gasteiger partial charge in [-0.2, -0.15) is 0 Å². The fraction of sp³-hybridized carbons (Fsp3) is 0.538. The van der Waals surface area contributed by atoms with Gasteiger partial charge in [0.15, 0.2) is 0 Å². The van der Waals surface area contributed by atoms with Gasteiger partial charge >= 0.3 is 0 Å². The second kappa shape index (κ2) is 6.99. The van der Waals surface area contributed by atoms with Crippen molar-refractivity contribution in [3.05, 3.63) is 28.2 Å². The minimum Gasteiger partial charge on any atom is -0.496 e. The molecule has 1 aromatic carbocycles. The molecule has 96 valence electrons. The smallest absolute Gasteiger partial charge is 0.133 e. The lowest BCUT2D eigenvalue weighted by molar-refractivity contribution is 0.231. The van der Waals surface area contributed by atoms with Gasteiger partial charge in [0.2, 0.25) is 0 Å². The van der Waals surface area contributed by atoms with Crippen LogP contribution in [0.1, 0.15) is 25.5 Å². The SMILES string of the molecule is COc1ccc(C(C)NCC(C)CO)cc1Br. The van der Waals surface area contributed by atoms with Crippen molar-refractivity contribution >= 4 is 15.9 Å². The maximum Gasteiger partial charge on any atom is 0.133 e. The predicted molar refractivity (Wildman–Crippen MR) is 73.4 cm³/mol. The van der Waals surface area contributed by atoms with Crippen LogP contribution in [0.4, 0.5) is 0 Å². The number of rotatable bonds is 6. The minimum atomic E-state index is 0.214. The summed E-state index contributed by atoms with van der Waals surface area (Å²) in [5.74, 6) is 1.11. The van der Waals surface area contributed by atoms with Crippen molar-refractivity contribution < 1.29 is 9.84 Å². The topological polar surface area (TPSA) is 41.5 Å². The molecule has 1 aromatic rings. The number of nitrogens with one attached hydrogen (secondary N) is 1. The van der Waals surface area contributed by atoms with Crippen molar-refractivity contribution in [1.29, 1.82) is 0 Å². The first-order valence-corrected chi connectivity index (χ1v) is 6.55. The van der Waals surface area contributed by atoms with E-state index >= 15 is 0 Å². The van der Waals surface area contributed by atoms with E-state index in [9.17, 15) is 0 Å². The molecule has 0 aliphatic heterocycles. The number of aliphatic hydroxyl groups is 1. The number of hydrogen-bond donors (Lipinski definition) is 2. The van der Waals surface area contributed by atoms with E-state index in [-0.39, 0.29) is 18.6 Å². The van der Waals surface area contributed by atoms with Crippen molar-refractivity contribution in [3.63, 3.8) is 0 Å². The summed E-state index contributed by atoms with van der Waals surface area (Å²) in [6, 6.07) is 6.31. The Balaban J connectivity index is 2.63. The van der Waals surface area contributed by atoms with Gasteiger partial charge in [-0.15, -0.1) is 0 Å². The van der Waals surface area contributed by atoms with Gasteiger partial charge in [0.05, 0.1) is 11.6 Å². The van der Waals surface area contributed by atoms with Gasteiger partial charge < -0.3 is 15.2 Å². The number of benzene rings is 1. The van der Waals surface area contributed by atoms with E-state index < -0.39 is 0 Å². The van der Waals surface area contributed by atoms with Crippen molar-refractivity contribution in [2.24, 2.45) is 5.92 Å². The van der Waals surface area contributed by atoms with Crippen molar-refractivity contribution in [1.82, 2.24) is 5.32 Å². The highest BCUT2D eigenvalue weighted by molar-refractivity contribution is 9.10. The van der Waals surface area contributed by atoms with Crippen LogP contribution >= 0.6 is 15.9 Å². The van der Waals surface area contributed by atoms with E-state index in [0.717, 1.165) is 16.8 Å².